The Hall–Kier alpha value is -3.30. The first-order valence-electron chi connectivity index (χ1n) is 9.78. The maximum absolute atomic E-state index is 13.5. The molecule has 9 nitrogen and oxygen atoms in total. The molecule has 0 bridgehead atoms. The first-order chi connectivity index (χ1) is 15.6. The summed E-state index contributed by atoms with van der Waals surface area (Å²) in [6, 6.07) is 5.68. The Labute approximate surface area is 198 Å². The van der Waals surface area contributed by atoms with Gasteiger partial charge in [0.25, 0.3) is 5.69 Å². The minimum atomic E-state index is -1.80. The summed E-state index contributed by atoms with van der Waals surface area (Å²) in [5, 5.41) is 14.2. The van der Waals surface area contributed by atoms with Crippen molar-refractivity contribution in [1.29, 1.82) is 0 Å². The third-order valence-electron chi connectivity index (χ3n) is 5.76. The van der Waals surface area contributed by atoms with Crippen molar-refractivity contribution in [3.8, 4) is 17.2 Å². The second-order valence-electron chi connectivity index (χ2n) is 7.65. The Morgan fingerprint density at radius 1 is 1.18 bits per heavy atom. The number of benzene rings is 2. The van der Waals surface area contributed by atoms with Crippen LogP contribution in [0.3, 0.4) is 0 Å². The van der Waals surface area contributed by atoms with E-state index in [0.717, 1.165) is 0 Å². The van der Waals surface area contributed by atoms with Gasteiger partial charge in [-0.1, -0.05) is 30.1 Å². The molecular weight excluding hydrogens is 475 g/mol. The lowest BCUT2D eigenvalue weighted by atomic mass is 9.74. The van der Waals surface area contributed by atoms with E-state index in [1.807, 2.05) is 0 Å². The number of rotatable bonds is 5. The van der Waals surface area contributed by atoms with E-state index in [0.29, 0.717) is 11.4 Å². The van der Waals surface area contributed by atoms with Gasteiger partial charge in [-0.15, -0.1) is 0 Å². The van der Waals surface area contributed by atoms with Gasteiger partial charge in [-0.05, 0) is 18.6 Å². The van der Waals surface area contributed by atoms with Crippen LogP contribution >= 0.6 is 23.2 Å². The molecule has 0 saturated carbocycles. The van der Waals surface area contributed by atoms with Crippen LogP contribution in [0.25, 0.3) is 0 Å². The van der Waals surface area contributed by atoms with Crippen LogP contribution in [-0.2, 0) is 4.79 Å². The third-order valence-corrected chi connectivity index (χ3v) is 6.44. The number of nitro benzene ring substituents is 1. The van der Waals surface area contributed by atoms with Crippen molar-refractivity contribution in [3.05, 3.63) is 61.8 Å². The summed E-state index contributed by atoms with van der Waals surface area (Å²) in [7, 11) is 2.80. The van der Waals surface area contributed by atoms with E-state index in [9.17, 15) is 19.7 Å². The fourth-order valence-corrected chi connectivity index (χ4v) is 4.58. The predicted molar refractivity (Wildman–Crippen MR) is 121 cm³/mol. The number of methoxy groups -OCH3 is 2. The lowest BCUT2D eigenvalue weighted by Crippen LogP contribution is -2.55. The number of anilines is 1. The molecule has 2 aliphatic rings. The standard InChI is InChI=1S/C22H18Cl2N2O7/c1-10-6-12(25-11-4-5-13(23)14(7-11)26(29)30)8-17(27)22(10)21(28)18-15(31-2)9-16(32-3)19(24)20(18)33-22/h4-5,7-10,25H,6H2,1-3H3/t10-,22+/m1/s1. The normalized spacial score (nSPS) is 21.4. The summed E-state index contributed by atoms with van der Waals surface area (Å²) in [6.07, 6.45) is 1.51. The fraction of sp³-hybridized carbons (Fsp3) is 0.273. The lowest BCUT2D eigenvalue weighted by Gasteiger charge is -2.35. The zero-order valence-corrected chi connectivity index (χ0v) is 19.2. The van der Waals surface area contributed by atoms with Gasteiger partial charge in [0.15, 0.2) is 5.75 Å². The number of ether oxygens (including phenoxy) is 3. The lowest BCUT2D eigenvalue weighted by molar-refractivity contribution is -0.384. The smallest absolute Gasteiger partial charge is 0.289 e. The van der Waals surface area contributed by atoms with Gasteiger partial charge in [-0.25, -0.2) is 0 Å². The van der Waals surface area contributed by atoms with Gasteiger partial charge in [-0.3, -0.25) is 19.7 Å². The number of Topliss-reactive ketones (excluding diaryl/α,β-unsaturated/α-hetero) is 1. The van der Waals surface area contributed by atoms with Gasteiger partial charge < -0.3 is 19.5 Å². The number of carbonyl (C=O) groups is 2. The molecule has 0 aromatic heterocycles. The second kappa shape index (κ2) is 8.24. The first-order valence-corrected chi connectivity index (χ1v) is 10.5. The number of fused-ring (bicyclic) bond motifs is 1. The summed E-state index contributed by atoms with van der Waals surface area (Å²) in [6.45, 7) is 1.71. The van der Waals surface area contributed by atoms with Crippen molar-refractivity contribution in [2.75, 3.05) is 19.5 Å². The molecule has 1 heterocycles. The number of allylic oxidation sites excluding steroid dienone is 1. The Morgan fingerprint density at radius 2 is 1.88 bits per heavy atom. The minimum Gasteiger partial charge on any atom is -0.496 e. The second-order valence-corrected chi connectivity index (χ2v) is 8.44. The Bertz CT molecular complexity index is 1240. The monoisotopic (exact) mass is 492 g/mol. The molecule has 2 aromatic carbocycles. The van der Waals surface area contributed by atoms with Crippen molar-refractivity contribution in [3.63, 3.8) is 0 Å². The average molecular weight is 493 g/mol. The molecule has 2 atom stereocenters. The summed E-state index contributed by atoms with van der Waals surface area (Å²) in [5.74, 6) is -1.24. The van der Waals surface area contributed by atoms with Gasteiger partial charge in [-0.2, -0.15) is 0 Å². The van der Waals surface area contributed by atoms with E-state index in [1.165, 1.54) is 38.5 Å². The zero-order valence-electron chi connectivity index (χ0n) is 17.7. The van der Waals surface area contributed by atoms with Crippen molar-refractivity contribution < 1.29 is 28.7 Å². The van der Waals surface area contributed by atoms with Crippen LogP contribution in [-0.4, -0.2) is 36.3 Å². The molecule has 1 N–H and O–H groups in total. The number of carbonyl (C=O) groups excluding carboxylic acids is 2. The molecule has 1 aliphatic carbocycles. The number of nitro groups is 1. The fourth-order valence-electron chi connectivity index (χ4n) is 4.13. The van der Waals surface area contributed by atoms with Gasteiger partial charge in [0.1, 0.15) is 27.1 Å². The van der Waals surface area contributed by atoms with Gasteiger partial charge >= 0.3 is 0 Å². The van der Waals surface area contributed by atoms with Crippen LogP contribution < -0.4 is 19.5 Å². The van der Waals surface area contributed by atoms with E-state index < -0.39 is 28.0 Å². The summed E-state index contributed by atoms with van der Waals surface area (Å²) in [4.78, 5) is 37.3. The van der Waals surface area contributed by atoms with Crippen molar-refractivity contribution in [2.45, 2.75) is 18.9 Å². The van der Waals surface area contributed by atoms with Crippen LogP contribution in [0, 0.1) is 16.0 Å². The van der Waals surface area contributed by atoms with Crippen LogP contribution in [0.4, 0.5) is 11.4 Å². The third kappa shape index (κ3) is 3.48. The van der Waals surface area contributed by atoms with Gasteiger partial charge in [0, 0.05) is 35.5 Å². The number of nitrogens with one attached hydrogen (secondary N) is 1. The predicted octanol–water partition coefficient (Wildman–Crippen LogP) is 4.84. The van der Waals surface area contributed by atoms with Crippen molar-refractivity contribution in [2.24, 2.45) is 5.92 Å². The van der Waals surface area contributed by atoms with Crippen LogP contribution in [0.1, 0.15) is 23.7 Å². The molecule has 0 unspecified atom stereocenters. The van der Waals surface area contributed by atoms with Gasteiger partial charge in [0.2, 0.25) is 17.2 Å². The molecule has 33 heavy (non-hydrogen) atoms. The molecule has 172 valence electrons. The highest BCUT2D eigenvalue weighted by atomic mass is 35.5. The number of halogens is 2. The highest BCUT2D eigenvalue weighted by Crippen LogP contribution is 2.53. The molecule has 2 aromatic rings. The first kappa shape index (κ1) is 22.9. The molecule has 1 aliphatic heterocycles. The topological polar surface area (TPSA) is 117 Å². The van der Waals surface area contributed by atoms with E-state index in [-0.39, 0.29) is 45.0 Å². The molecule has 0 fully saturated rings. The minimum absolute atomic E-state index is 0.00413. The number of hydrogen-bond donors (Lipinski definition) is 1. The molecule has 4 rings (SSSR count). The largest absolute Gasteiger partial charge is 0.496 e. The molecule has 1 spiro atoms. The van der Waals surface area contributed by atoms with E-state index >= 15 is 0 Å². The maximum atomic E-state index is 13.5. The van der Waals surface area contributed by atoms with Crippen LogP contribution in [0.2, 0.25) is 10.0 Å². The molecule has 0 saturated heterocycles. The number of nitrogens with zero attached hydrogens (tertiary/aromatic N) is 1. The molecule has 11 heteroatoms. The number of hydrogen-bond acceptors (Lipinski definition) is 8. The van der Waals surface area contributed by atoms with Crippen molar-refractivity contribution in [1.82, 2.24) is 0 Å². The Morgan fingerprint density at radius 3 is 2.48 bits per heavy atom. The Balaban J connectivity index is 1.70. The molecule has 0 amide bonds. The summed E-state index contributed by atoms with van der Waals surface area (Å²) < 4.78 is 16.5. The maximum Gasteiger partial charge on any atom is 0.289 e. The van der Waals surface area contributed by atoms with Crippen molar-refractivity contribution >= 4 is 46.1 Å². The number of ketones is 2. The van der Waals surface area contributed by atoms with Crippen LogP contribution in [0.15, 0.2) is 36.0 Å². The highest BCUT2D eigenvalue weighted by Gasteiger charge is 2.60. The average Bonchev–Trinajstić information content (AvgIpc) is 3.09. The van der Waals surface area contributed by atoms with Crippen LogP contribution in [0.5, 0.6) is 17.2 Å². The van der Waals surface area contributed by atoms with E-state index in [2.05, 4.69) is 5.32 Å². The quantitative estimate of drug-likeness (QED) is 0.358. The SMILES string of the molecule is COc1cc(OC)c2c(c1Cl)O[C@@]1(C(=O)C=C(Nc3ccc(Cl)c([N+](=O)[O-])c3)C[C@H]1C)C2=O. The van der Waals surface area contributed by atoms with E-state index in [4.69, 9.17) is 37.4 Å². The molecule has 0 radical (unpaired) electrons. The molecular formula is C22H18Cl2N2O7. The summed E-state index contributed by atoms with van der Waals surface area (Å²) >= 11 is 12.2. The van der Waals surface area contributed by atoms with E-state index in [1.54, 1.807) is 13.0 Å². The van der Waals surface area contributed by atoms with Gasteiger partial charge in [0.05, 0.1) is 19.1 Å². The summed E-state index contributed by atoms with van der Waals surface area (Å²) in [5.41, 5.74) is -1.14. The highest BCUT2D eigenvalue weighted by molar-refractivity contribution is 6.36. The Kier molecular flexibility index (Phi) is 5.71. The zero-order chi connectivity index (χ0) is 24.1.